The molecule has 4 heterocycles. The third kappa shape index (κ3) is 10.7. The van der Waals surface area contributed by atoms with Crippen molar-refractivity contribution in [3.63, 3.8) is 0 Å². The van der Waals surface area contributed by atoms with E-state index in [4.69, 9.17) is 31.1 Å². The highest BCUT2D eigenvalue weighted by Gasteiger charge is 2.32. The van der Waals surface area contributed by atoms with E-state index in [2.05, 4.69) is 31.0 Å². The number of halogens is 1. The normalized spacial score (nSPS) is 14.8. The monoisotopic (exact) mass is 940 g/mol. The van der Waals surface area contributed by atoms with E-state index in [0.717, 1.165) is 62.8 Å². The van der Waals surface area contributed by atoms with Crippen LogP contribution in [-0.2, 0) is 14.4 Å². The SMILES string of the molecule is CCNC(=O)C[C@@H]1N=C(c2ccc(SCCC(=O)NCCCCCC(=O)C[C@@H]3N=C(c4ccc(Cl)cc4)c4cc(OC)ccc4-n4c(C)nnc43)cc2)c2cc(OC)ccc2-n2c(C)nnc21. The van der Waals surface area contributed by atoms with Gasteiger partial charge in [0.15, 0.2) is 11.6 Å². The Morgan fingerprint density at radius 2 is 1.21 bits per heavy atom. The van der Waals surface area contributed by atoms with Crippen molar-refractivity contribution >= 4 is 52.4 Å². The molecule has 17 heteroatoms. The maximum atomic E-state index is 13.5. The second-order valence-corrected chi connectivity index (χ2v) is 17.9. The molecular formula is C50H53ClN10O5S. The Kier molecular flexibility index (Phi) is 14.9. The summed E-state index contributed by atoms with van der Waals surface area (Å²) in [5, 5.41) is 24.2. The van der Waals surface area contributed by atoms with Gasteiger partial charge < -0.3 is 20.1 Å². The minimum Gasteiger partial charge on any atom is -0.497 e. The topological polar surface area (TPSA) is 180 Å². The molecule has 346 valence electrons. The van der Waals surface area contributed by atoms with Crippen LogP contribution in [0.1, 0.15) is 110 Å². The number of ether oxygens (including phenoxy) is 2. The van der Waals surface area contributed by atoms with E-state index in [1.54, 1.807) is 26.0 Å². The van der Waals surface area contributed by atoms with Crippen molar-refractivity contribution in [2.75, 3.05) is 33.1 Å². The van der Waals surface area contributed by atoms with Crippen molar-refractivity contribution in [3.05, 3.63) is 136 Å². The molecule has 0 unspecified atom stereocenters. The number of carbonyl (C=O) groups excluding carboxylic acids is 3. The highest BCUT2D eigenvalue weighted by molar-refractivity contribution is 7.99. The summed E-state index contributed by atoms with van der Waals surface area (Å²) in [6, 6.07) is 26.1. The van der Waals surface area contributed by atoms with E-state index in [1.807, 2.05) is 115 Å². The molecule has 0 aliphatic carbocycles. The first-order valence-electron chi connectivity index (χ1n) is 22.5. The number of nitrogens with one attached hydrogen (secondary N) is 2. The van der Waals surface area contributed by atoms with Gasteiger partial charge in [-0.3, -0.25) is 33.5 Å². The predicted molar refractivity (Wildman–Crippen MR) is 260 cm³/mol. The number of carbonyl (C=O) groups is 3. The Bertz CT molecular complexity index is 2840. The van der Waals surface area contributed by atoms with E-state index >= 15 is 0 Å². The highest BCUT2D eigenvalue weighted by atomic mass is 35.5. The van der Waals surface area contributed by atoms with Gasteiger partial charge in [-0.15, -0.1) is 32.2 Å². The van der Waals surface area contributed by atoms with Crippen LogP contribution in [-0.4, -0.2) is 91.6 Å². The van der Waals surface area contributed by atoms with Crippen LogP contribution >= 0.6 is 23.4 Å². The number of aliphatic imine (C=N–C) groups is 2. The molecule has 4 aromatic carbocycles. The van der Waals surface area contributed by atoms with Crippen molar-refractivity contribution in [3.8, 4) is 22.9 Å². The highest BCUT2D eigenvalue weighted by Crippen LogP contribution is 2.37. The minimum atomic E-state index is -0.557. The number of nitrogens with zero attached hydrogens (tertiary/aromatic N) is 8. The van der Waals surface area contributed by atoms with Crippen molar-refractivity contribution in [2.45, 2.75) is 82.7 Å². The van der Waals surface area contributed by atoms with Crippen molar-refractivity contribution in [1.82, 2.24) is 40.2 Å². The molecule has 0 saturated heterocycles. The van der Waals surface area contributed by atoms with Crippen molar-refractivity contribution < 1.29 is 23.9 Å². The van der Waals surface area contributed by atoms with Crippen LogP contribution in [0.3, 0.4) is 0 Å². The number of ketones is 1. The largest absolute Gasteiger partial charge is 0.497 e. The number of benzene rings is 4. The van der Waals surface area contributed by atoms with E-state index in [9.17, 15) is 14.4 Å². The third-order valence-corrected chi connectivity index (χ3v) is 13.0. The molecule has 0 radical (unpaired) electrons. The quantitative estimate of drug-likeness (QED) is 0.0593. The van der Waals surface area contributed by atoms with E-state index in [0.29, 0.717) is 77.9 Å². The third-order valence-electron chi connectivity index (χ3n) is 11.7. The van der Waals surface area contributed by atoms with Gasteiger partial charge >= 0.3 is 0 Å². The Hall–Kier alpha value is -6.65. The maximum absolute atomic E-state index is 13.5. The summed E-state index contributed by atoms with van der Waals surface area (Å²) in [6.07, 6.45) is 3.33. The van der Waals surface area contributed by atoms with Crippen molar-refractivity contribution in [1.29, 1.82) is 0 Å². The molecule has 0 saturated carbocycles. The molecule has 2 aromatic heterocycles. The lowest BCUT2D eigenvalue weighted by atomic mass is 9.99. The molecule has 0 spiro atoms. The first-order chi connectivity index (χ1) is 32.5. The van der Waals surface area contributed by atoms with Gasteiger partial charge in [-0.05, 0) is 94.3 Å². The van der Waals surface area contributed by atoms with Crippen LogP contribution in [0.5, 0.6) is 11.5 Å². The lowest BCUT2D eigenvalue weighted by Gasteiger charge is -2.14. The fourth-order valence-electron chi connectivity index (χ4n) is 8.42. The predicted octanol–water partition coefficient (Wildman–Crippen LogP) is 8.26. The fraction of sp³-hybridized carbons (Fsp3) is 0.340. The second kappa shape index (κ2) is 21.3. The van der Waals surface area contributed by atoms with Gasteiger partial charge in [-0.1, -0.05) is 42.3 Å². The summed E-state index contributed by atoms with van der Waals surface area (Å²) in [7, 11) is 3.26. The molecule has 2 N–H and O–H groups in total. The Morgan fingerprint density at radius 3 is 1.76 bits per heavy atom. The zero-order chi connectivity index (χ0) is 47.0. The number of amides is 2. The Morgan fingerprint density at radius 1 is 0.657 bits per heavy atom. The second-order valence-electron chi connectivity index (χ2n) is 16.3. The average molecular weight is 942 g/mol. The van der Waals surface area contributed by atoms with Crippen LogP contribution in [0, 0.1) is 13.8 Å². The number of methoxy groups -OCH3 is 2. The number of aryl methyl sites for hydroxylation is 2. The van der Waals surface area contributed by atoms with Gasteiger partial charge in [0.2, 0.25) is 11.8 Å². The number of hydrogen-bond donors (Lipinski definition) is 2. The molecule has 2 amide bonds. The summed E-state index contributed by atoms with van der Waals surface area (Å²) in [5.41, 5.74) is 6.60. The number of unbranched alkanes of at least 4 members (excludes halogenated alkanes) is 2. The molecule has 15 nitrogen and oxygen atoms in total. The van der Waals surface area contributed by atoms with Gasteiger partial charge in [0.05, 0.1) is 43.4 Å². The summed E-state index contributed by atoms with van der Waals surface area (Å²) in [6.45, 7) is 6.73. The average Bonchev–Trinajstić information content (AvgIpc) is 3.84. The molecule has 67 heavy (non-hydrogen) atoms. The van der Waals surface area contributed by atoms with Gasteiger partial charge in [-0.2, -0.15) is 0 Å². The van der Waals surface area contributed by atoms with Gasteiger partial charge in [0, 0.05) is 70.3 Å². The van der Waals surface area contributed by atoms with Crippen LogP contribution < -0.4 is 20.1 Å². The molecule has 0 fully saturated rings. The maximum Gasteiger partial charge on any atom is 0.222 e. The number of rotatable bonds is 19. The van der Waals surface area contributed by atoms with E-state index in [1.165, 1.54) is 0 Å². The molecular weight excluding hydrogens is 888 g/mol. The van der Waals surface area contributed by atoms with Crippen molar-refractivity contribution in [2.24, 2.45) is 9.98 Å². The van der Waals surface area contributed by atoms with Crippen LogP contribution in [0.25, 0.3) is 11.4 Å². The zero-order valence-corrected chi connectivity index (χ0v) is 39.8. The zero-order valence-electron chi connectivity index (χ0n) is 38.2. The number of fused-ring (bicyclic) bond motifs is 6. The smallest absolute Gasteiger partial charge is 0.222 e. The van der Waals surface area contributed by atoms with E-state index < -0.39 is 12.1 Å². The van der Waals surface area contributed by atoms with Gasteiger partial charge in [0.1, 0.15) is 41.0 Å². The number of aromatic nitrogens is 6. The minimum absolute atomic E-state index is 0.0141. The first-order valence-corrected chi connectivity index (χ1v) is 23.8. The summed E-state index contributed by atoms with van der Waals surface area (Å²) in [5.74, 6) is 4.54. The number of thioether (sulfide) groups is 1. The lowest BCUT2D eigenvalue weighted by Crippen LogP contribution is -2.25. The van der Waals surface area contributed by atoms with Crippen LogP contribution in [0.2, 0.25) is 5.02 Å². The lowest BCUT2D eigenvalue weighted by molar-refractivity contribution is -0.121. The summed E-state index contributed by atoms with van der Waals surface area (Å²) >= 11 is 7.85. The van der Waals surface area contributed by atoms with Crippen LogP contribution in [0.15, 0.2) is 99.8 Å². The van der Waals surface area contributed by atoms with Gasteiger partial charge in [0.25, 0.3) is 0 Å². The molecule has 0 bridgehead atoms. The standard InChI is InChI=1S/C50H53ClN10O5S/c1-6-52-46(64)29-42-50-59-57-31(3)61(50)44-22-18-37(66-5)28-40(44)48(55-42)33-13-19-38(20-14-33)67-25-23-45(63)53-24-9-7-8-10-35(62)26-41-49-58-56-30(2)60(49)43-21-17-36(65-4)27-39(43)47(54-41)32-11-15-34(51)16-12-32/h11-22,27-28,41-42H,6-10,23-26,29H2,1-5H3,(H,52,64)(H,53,63)/t41-,42-/m0/s1. The molecule has 2 atom stereocenters. The molecule has 2 aliphatic rings. The summed E-state index contributed by atoms with van der Waals surface area (Å²) < 4.78 is 15.1. The van der Waals surface area contributed by atoms with Gasteiger partial charge in [-0.25, -0.2) is 0 Å². The first kappa shape index (κ1) is 46.9. The summed E-state index contributed by atoms with van der Waals surface area (Å²) in [4.78, 5) is 50.5. The van der Waals surface area contributed by atoms with Crippen LogP contribution in [0.4, 0.5) is 0 Å². The number of Topliss-reactive ketones (excluding diaryl/α,β-unsaturated/α-hetero) is 1. The fourth-order valence-corrected chi connectivity index (χ4v) is 9.40. The Balaban J connectivity index is 0.825. The Labute approximate surface area is 398 Å². The molecule has 2 aliphatic heterocycles. The number of hydrogen-bond acceptors (Lipinski definition) is 12. The molecule has 8 rings (SSSR count). The van der Waals surface area contributed by atoms with E-state index in [-0.39, 0.29) is 30.4 Å². The molecule has 6 aromatic rings.